The van der Waals surface area contributed by atoms with Crippen LogP contribution in [0.15, 0.2) is 35.1 Å². The number of carbonyl (C=O) groups is 1. The molecule has 0 aliphatic heterocycles. The zero-order valence-corrected chi connectivity index (χ0v) is 13.4. The molecule has 1 heterocycles. The quantitative estimate of drug-likeness (QED) is 0.878. The third-order valence-electron chi connectivity index (χ3n) is 4.40. The molecule has 1 fully saturated rings. The highest BCUT2D eigenvalue weighted by atomic mass is 16.5. The number of esters is 1. The van der Waals surface area contributed by atoms with Crippen LogP contribution in [0.5, 0.6) is 0 Å². The summed E-state index contributed by atoms with van der Waals surface area (Å²) in [5.41, 5.74) is 1.51. The Bertz CT molecular complexity index is 724. The van der Waals surface area contributed by atoms with E-state index in [0.29, 0.717) is 11.4 Å². The maximum atomic E-state index is 12.5. The lowest BCUT2D eigenvalue weighted by molar-refractivity contribution is 0.0510. The molecule has 122 valence electrons. The number of carbonyl (C=O) groups excluding carboxylic acids is 1. The second-order valence-electron chi connectivity index (χ2n) is 5.90. The summed E-state index contributed by atoms with van der Waals surface area (Å²) in [7, 11) is 0. The number of benzene rings is 1. The molecule has 0 spiro atoms. The average Bonchev–Trinajstić information content (AvgIpc) is 2.94. The molecule has 3 rings (SSSR count). The van der Waals surface area contributed by atoms with E-state index in [0.717, 1.165) is 31.2 Å². The minimum absolute atomic E-state index is 0.0735. The van der Waals surface area contributed by atoms with Crippen LogP contribution in [0.4, 0.5) is 0 Å². The number of hydrogen-bond donors (Lipinski definition) is 1. The topological polar surface area (TPSA) is 64.1 Å². The van der Waals surface area contributed by atoms with Gasteiger partial charge in [-0.1, -0.05) is 49.6 Å². The molecule has 1 aromatic carbocycles. The number of nitrogens with zero attached hydrogens (tertiary/aromatic N) is 1. The lowest BCUT2D eigenvalue weighted by atomic mass is 9.95. The van der Waals surface area contributed by atoms with E-state index in [1.54, 1.807) is 11.5 Å². The minimum atomic E-state index is -0.435. The standard InChI is InChI=1S/C18H22N2O3/c1-2-23-17(21)16-15(13-9-5-3-6-10-13)19-18(22)20(16)14-11-7-4-8-12-14/h3,5-6,9-10,14H,2,4,7-8,11-12H2,1H3,(H,19,22). The van der Waals surface area contributed by atoms with Crippen molar-refractivity contribution in [3.8, 4) is 11.3 Å². The van der Waals surface area contributed by atoms with Gasteiger partial charge in [0, 0.05) is 11.6 Å². The van der Waals surface area contributed by atoms with Crippen molar-refractivity contribution in [3.63, 3.8) is 0 Å². The number of nitrogens with one attached hydrogen (secondary N) is 1. The summed E-state index contributed by atoms with van der Waals surface area (Å²) >= 11 is 0. The Morgan fingerprint density at radius 2 is 1.91 bits per heavy atom. The van der Waals surface area contributed by atoms with Crippen LogP contribution in [0.25, 0.3) is 11.3 Å². The largest absolute Gasteiger partial charge is 0.461 e. The number of imidazole rings is 1. The molecular formula is C18H22N2O3. The number of aromatic nitrogens is 2. The van der Waals surface area contributed by atoms with E-state index in [1.165, 1.54) is 6.42 Å². The van der Waals surface area contributed by atoms with Crippen molar-refractivity contribution in [3.05, 3.63) is 46.5 Å². The molecule has 1 aliphatic carbocycles. The highest BCUT2D eigenvalue weighted by molar-refractivity contribution is 5.94. The smallest absolute Gasteiger partial charge is 0.357 e. The molecule has 0 bridgehead atoms. The lowest BCUT2D eigenvalue weighted by Gasteiger charge is -2.23. The predicted octanol–water partition coefficient (Wildman–Crippen LogP) is 3.53. The summed E-state index contributed by atoms with van der Waals surface area (Å²) in [5, 5.41) is 0. The van der Waals surface area contributed by atoms with Gasteiger partial charge in [-0.05, 0) is 19.8 Å². The van der Waals surface area contributed by atoms with Crippen molar-refractivity contribution < 1.29 is 9.53 Å². The molecule has 1 N–H and O–H groups in total. The van der Waals surface area contributed by atoms with E-state index in [-0.39, 0.29) is 18.3 Å². The molecule has 5 heteroatoms. The van der Waals surface area contributed by atoms with Gasteiger partial charge in [-0.15, -0.1) is 0 Å². The van der Waals surface area contributed by atoms with Crippen LogP contribution >= 0.6 is 0 Å². The fourth-order valence-electron chi connectivity index (χ4n) is 3.35. The van der Waals surface area contributed by atoms with Gasteiger partial charge in [-0.25, -0.2) is 9.59 Å². The Hall–Kier alpha value is -2.30. The van der Waals surface area contributed by atoms with Crippen LogP contribution in [0.3, 0.4) is 0 Å². The monoisotopic (exact) mass is 314 g/mol. The Morgan fingerprint density at radius 1 is 1.22 bits per heavy atom. The summed E-state index contributed by atoms with van der Waals surface area (Å²) in [5.74, 6) is -0.435. The number of aromatic amines is 1. The van der Waals surface area contributed by atoms with Gasteiger partial charge in [-0.2, -0.15) is 0 Å². The number of rotatable bonds is 4. The van der Waals surface area contributed by atoms with Gasteiger partial charge < -0.3 is 9.72 Å². The van der Waals surface area contributed by atoms with Crippen LogP contribution in [0.1, 0.15) is 55.6 Å². The predicted molar refractivity (Wildman–Crippen MR) is 88.6 cm³/mol. The molecule has 1 aliphatic rings. The molecule has 1 saturated carbocycles. The molecule has 0 atom stereocenters. The maximum absolute atomic E-state index is 12.5. The molecule has 5 nitrogen and oxygen atoms in total. The Labute approximate surface area is 135 Å². The van der Waals surface area contributed by atoms with Crippen LogP contribution in [0, 0.1) is 0 Å². The summed E-state index contributed by atoms with van der Waals surface area (Å²) in [4.78, 5) is 27.9. The number of ether oxygens (including phenoxy) is 1. The van der Waals surface area contributed by atoms with E-state index in [9.17, 15) is 9.59 Å². The van der Waals surface area contributed by atoms with Gasteiger partial charge >= 0.3 is 11.7 Å². The van der Waals surface area contributed by atoms with Crippen LogP contribution < -0.4 is 5.69 Å². The summed E-state index contributed by atoms with van der Waals surface area (Å²) in [6, 6.07) is 9.54. The first-order chi connectivity index (χ1) is 11.2. The summed E-state index contributed by atoms with van der Waals surface area (Å²) in [6.07, 6.45) is 5.23. The van der Waals surface area contributed by atoms with E-state index >= 15 is 0 Å². The SMILES string of the molecule is CCOC(=O)c1c(-c2ccccc2)[nH]c(=O)n1C1CCCCC1. The highest BCUT2D eigenvalue weighted by Gasteiger charge is 2.28. The van der Waals surface area contributed by atoms with Gasteiger partial charge in [-0.3, -0.25) is 4.57 Å². The van der Waals surface area contributed by atoms with Crippen molar-refractivity contribution in [2.24, 2.45) is 0 Å². The molecule has 0 radical (unpaired) electrons. The second kappa shape index (κ2) is 6.86. The molecule has 23 heavy (non-hydrogen) atoms. The number of hydrogen-bond acceptors (Lipinski definition) is 3. The highest BCUT2D eigenvalue weighted by Crippen LogP contribution is 2.31. The summed E-state index contributed by atoms with van der Waals surface area (Å²) < 4.78 is 6.84. The van der Waals surface area contributed by atoms with Crippen molar-refractivity contribution >= 4 is 5.97 Å². The third kappa shape index (κ3) is 3.09. The molecule has 0 unspecified atom stereocenters. The number of H-pyrrole nitrogens is 1. The van der Waals surface area contributed by atoms with Gasteiger partial charge in [0.25, 0.3) is 0 Å². The first-order valence-electron chi connectivity index (χ1n) is 8.29. The van der Waals surface area contributed by atoms with Crippen molar-refractivity contribution in [1.82, 2.24) is 9.55 Å². The molecular weight excluding hydrogens is 292 g/mol. The maximum Gasteiger partial charge on any atom is 0.357 e. The Kier molecular flexibility index (Phi) is 4.65. The van der Waals surface area contributed by atoms with Crippen LogP contribution in [0.2, 0.25) is 0 Å². The Balaban J connectivity index is 2.13. The second-order valence-corrected chi connectivity index (χ2v) is 5.90. The fraction of sp³-hybridized carbons (Fsp3) is 0.444. The van der Waals surface area contributed by atoms with Crippen LogP contribution in [-0.2, 0) is 4.74 Å². The zero-order valence-electron chi connectivity index (χ0n) is 13.4. The van der Waals surface area contributed by atoms with Gasteiger partial charge in [0.1, 0.15) is 0 Å². The fourth-order valence-corrected chi connectivity index (χ4v) is 3.35. The molecule has 2 aromatic rings. The van der Waals surface area contributed by atoms with E-state index in [4.69, 9.17) is 4.74 Å². The normalized spacial score (nSPS) is 15.5. The van der Waals surface area contributed by atoms with Gasteiger partial charge in [0.2, 0.25) is 0 Å². The van der Waals surface area contributed by atoms with E-state index in [2.05, 4.69) is 4.98 Å². The first-order valence-corrected chi connectivity index (χ1v) is 8.29. The van der Waals surface area contributed by atoms with Gasteiger partial charge in [0.05, 0.1) is 12.3 Å². The molecule has 0 amide bonds. The van der Waals surface area contributed by atoms with Crippen LogP contribution in [-0.4, -0.2) is 22.1 Å². The van der Waals surface area contributed by atoms with Gasteiger partial charge in [0.15, 0.2) is 5.69 Å². The van der Waals surface area contributed by atoms with Crippen molar-refractivity contribution in [1.29, 1.82) is 0 Å². The van der Waals surface area contributed by atoms with E-state index in [1.807, 2.05) is 30.3 Å². The minimum Gasteiger partial charge on any atom is -0.461 e. The third-order valence-corrected chi connectivity index (χ3v) is 4.40. The molecule has 0 saturated heterocycles. The van der Waals surface area contributed by atoms with E-state index < -0.39 is 5.97 Å². The lowest BCUT2D eigenvalue weighted by Crippen LogP contribution is -2.28. The zero-order chi connectivity index (χ0) is 16.2. The summed E-state index contributed by atoms with van der Waals surface area (Å²) in [6.45, 7) is 2.06. The first kappa shape index (κ1) is 15.6. The van der Waals surface area contributed by atoms with Crippen molar-refractivity contribution in [2.45, 2.75) is 45.1 Å². The molecule has 1 aromatic heterocycles. The van der Waals surface area contributed by atoms with Crippen molar-refractivity contribution in [2.75, 3.05) is 6.61 Å². The Morgan fingerprint density at radius 3 is 2.57 bits per heavy atom. The average molecular weight is 314 g/mol.